The normalized spacial score (nSPS) is 5.67. The zero-order valence-corrected chi connectivity index (χ0v) is 5.97. The molecule has 0 saturated carbocycles. The Hall–Kier alpha value is -0.900. The van der Waals surface area contributed by atoms with Crippen LogP contribution in [0.25, 0.3) is 0 Å². The Morgan fingerprint density at radius 2 is 1.11 bits per heavy atom. The van der Waals surface area contributed by atoms with Crippen molar-refractivity contribution < 1.29 is 14.7 Å². The lowest BCUT2D eigenvalue weighted by atomic mass is 10.6. The van der Waals surface area contributed by atoms with Crippen molar-refractivity contribution in [3.05, 3.63) is 0 Å². The van der Waals surface area contributed by atoms with Gasteiger partial charge in [-0.3, -0.25) is 4.79 Å². The fourth-order valence-corrected chi connectivity index (χ4v) is 0. The molecule has 0 spiro atoms. The van der Waals surface area contributed by atoms with Gasteiger partial charge in [-0.1, -0.05) is 0 Å². The van der Waals surface area contributed by atoms with Crippen LogP contribution >= 0.6 is 0 Å². The van der Waals surface area contributed by atoms with Crippen molar-refractivity contribution in [3.8, 4) is 0 Å². The highest BCUT2D eigenvalue weighted by Crippen LogP contribution is 1.50. The summed E-state index contributed by atoms with van der Waals surface area (Å²) in [6, 6.07) is 0. The fourth-order valence-electron chi connectivity index (χ4n) is 0. The number of aliphatic carboxylic acids is 1. The van der Waals surface area contributed by atoms with Crippen LogP contribution in [0.4, 0.5) is 0 Å². The first-order valence-electron chi connectivity index (χ1n) is 2.13. The quantitative estimate of drug-likeness (QED) is 0.515. The number of hydrogen-bond donors (Lipinski definition) is 2. The molecule has 4 nitrogen and oxygen atoms in total. The maximum Gasteiger partial charge on any atom is 0.300 e. The molecule has 56 valence electrons. The lowest BCUT2D eigenvalue weighted by molar-refractivity contribution is -0.134. The Morgan fingerprint density at radius 3 is 1.11 bits per heavy atom. The second-order valence-corrected chi connectivity index (χ2v) is 1.43. The third kappa shape index (κ3) is 228. The molecule has 4 N–H and O–H groups in total. The van der Waals surface area contributed by atoms with Crippen molar-refractivity contribution in [2.45, 2.75) is 20.8 Å². The van der Waals surface area contributed by atoms with E-state index in [0.29, 0.717) is 0 Å². The SMILES string of the molecule is CC(=O)O.CC(C)=O.N. The lowest BCUT2D eigenvalue weighted by Gasteiger charge is -1.59. The summed E-state index contributed by atoms with van der Waals surface area (Å²) in [5, 5.41) is 7.42. The van der Waals surface area contributed by atoms with Gasteiger partial charge in [-0.05, 0) is 13.8 Å². The molecular weight excluding hydrogens is 122 g/mol. The molecule has 0 amide bonds. The third-order valence-corrected chi connectivity index (χ3v) is 0. The molecule has 0 aromatic heterocycles. The Balaban J connectivity index is -0.0000000720. The monoisotopic (exact) mass is 135 g/mol. The molecular formula is C5H13NO3. The number of rotatable bonds is 0. The first-order chi connectivity index (χ1) is 3.46. The van der Waals surface area contributed by atoms with Gasteiger partial charge in [-0.15, -0.1) is 0 Å². The fraction of sp³-hybridized carbons (Fsp3) is 0.600. The molecule has 4 heteroatoms. The number of carbonyl (C=O) groups is 2. The van der Waals surface area contributed by atoms with Crippen LogP contribution in [0, 0.1) is 0 Å². The van der Waals surface area contributed by atoms with Crippen LogP contribution in [0.1, 0.15) is 20.8 Å². The van der Waals surface area contributed by atoms with Gasteiger partial charge in [0.2, 0.25) is 0 Å². The van der Waals surface area contributed by atoms with Crippen LogP contribution in [0.3, 0.4) is 0 Å². The minimum atomic E-state index is -0.833. The lowest BCUT2D eigenvalue weighted by Crippen LogP contribution is -1.78. The highest BCUT2D eigenvalue weighted by molar-refractivity contribution is 5.72. The van der Waals surface area contributed by atoms with E-state index in [1.54, 1.807) is 0 Å². The topological polar surface area (TPSA) is 89.4 Å². The van der Waals surface area contributed by atoms with E-state index >= 15 is 0 Å². The van der Waals surface area contributed by atoms with Gasteiger partial charge in [-0.25, -0.2) is 0 Å². The molecule has 0 rings (SSSR count). The van der Waals surface area contributed by atoms with Gasteiger partial charge in [0.25, 0.3) is 5.97 Å². The molecule has 0 bridgehead atoms. The molecule has 9 heavy (non-hydrogen) atoms. The van der Waals surface area contributed by atoms with Crippen LogP contribution < -0.4 is 6.15 Å². The van der Waals surface area contributed by atoms with Gasteiger partial charge in [-0.2, -0.15) is 0 Å². The number of carboxylic acids is 1. The van der Waals surface area contributed by atoms with Crippen LogP contribution in [0.2, 0.25) is 0 Å². The van der Waals surface area contributed by atoms with Crippen molar-refractivity contribution in [2.75, 3.05) is 0 Å². The molecule has 0 heterocycles. The van der Waals surface area contributed by atoms with Crippen molar-refractivity contribution >= 4 is 11.8 Å². The molecule has 0 radical (unpaired) electrons. The van der Waals surface area contributed by atoms with Crippen LogP contribution in [0.15, 0.2) is 0 Å². The average molecular weight is 135 g/mol. The van der Waals surface area contributed by atoms with Crippen molar-refractivity contribution in [1.29, 1.82) is 0 Å². The van der Waals surface area contributed by atoms with E-state index in [1.807, 2.05) is 0 Å². The number of carbonyl (C=O) groups excluding carboxylic acids is 1. The second kappa shape index (κ2) is 10.2. The maximum atomic E-state index is 9.44. The summed E-state index contributed by atoms with van der Waals surface area (Å²) in [5.41, 5.74) is 0. The average Bonchev–Trinajstić information content (AvgIpc) is 1.25. The van der Waals surface area contributed by atoms with E-state index in [4.69, 9.17) is 9.90 Å². The number of carboxylic acid groups (broad SMARTS) is 1. The Labute approximate surface area is 54.5 Å². The molecule has 0 aliphatic rings. The van der Waals surface area contributed by atoms with Gasteiger partial charge in [0.05, 0.1) is 0 Å². The predicted octanol–water partition coefficient (Wildman–Crippen LogP) is 0.848. The molecule has 0 aliphatic heterocycles. The summed E-state index contributed by atoms with van der Waals surface area (Å²) < 4.78 is 0. The summed E-state index contributed by atoms with van der Waals surface area (Å²) in [4.78, 5) is 18.4. The Bertz CT molecular complexity index is 70.2. The molecule has 0 aliphatic carbocycles. The van der Waals surface area contributed by atoms with Gasteiger partial charge < -0.3 is 16.1 Å². The van der Waals surface area contributed by atoms with Crippen molar-refractivity contribution in [3.63, 3.8) is 0 Å². The minimum absolute atomic E-state index is 0. The summed E-state index contributed by atoms with van der Waals surface area (Å²) >= 11 is 0. The molecule has 0 aromatic carbocycles. The third-order valence-electron chi connectivity index (χ3n) is 0. The van der Waals surface area contributed by atoms with Crippen LogP contribution in [0.5, 0.6) is 0 Å². The molecule has 0 fully saturated rings. The van der Waals surface area contributed by atoms with E-state index in [9.17, 15) is 4.79 Å². The van der Waals surface area contributed by atoms with Crippen LogP contribution in [-0.4, -0.2) is 16.9 Å². The first-order valence-corrected chi connectivity index (χ1v) is 2.13. The molecule has 0 saturated heterocycles. The van der Waals surface area contributed by atoms with E-state index in [1.165, 1.54) is 13.8 Å². The van der Waals surface area contributed by atoms with E-state index in [0.717, 1.165) is 6.92 Å². The maximum absolute atomic E-state index is 9.44. The Kier molecular flexibility index (Phi) is 17.7. The first kappa shape index (κ1) is 15.7. The van der Waals surface area contributed by atoms with Gasteiger partial charge in [0.1, 0.15) is 5.78 Å². The van der Waals surface area contributed by atoms with Gasteiger partial charge >= 0.3 is 0 Å². The highest BCUT2D eigenvalue weighted by atomic mass is 16.4. The molecule has 0 aromatic rings. The predicted molar refractivity (Wildman–Crippen MR) is 34.7 cm³/mol. The smallest absolute Gasteiger partial charge is 0.300 e. The summed E-state index contributed by atoms with van der Waals surface area (Å²) in [7, 11) is 0. The Morgan fingerprint density at radius 1 is 1.11 bits per heavy atom. The largest absolute Gasteiger partial charge is 0.481 e. The zero-order chi connectivity index (χ0) is 7.15. The number of Topliss-reactive ketones (excluding diaryl/α,β-unsaturated/α-hetero) is 1. The van der Waals surface area contributed by atoms with E-state index < -0.39 is 5.97 Å². The number of ketones is 1. The van der Waals surface area contributed by atoms with Gasteiger partial charge in [0.15, 0.2) is 0 Å². The van der Waals surface area contributed by atoms with Gasteiger partial charge in [0, 0.05) is 6.92 Å². The summed E-state index contributed by atoms with van der Waals surface area (Å²) in [5.74, 6) is -0.667. The zero-order valence-electron chi connectivity index (χ0n) is 5.97. The molecule has 0 atom stereocenters. The highest BCUT2D eigenvalue weighted by Gasteiger charge is 1.65. The molecule has 0 unspecified atom stereocenters. The van der Waals surface area contributed by atoms with E-state index in [2.05, 4.69) is 0 Å². The summed E-state index contributed by atoms with van der Waals surface area (Å²) in [6.45, 7) is 4.14. The summed E-state index contributed by atoms with van der Waals surface area (Å²) in [6.07, 6.45) is 0. The van der Waals surface area contributed by atoms with Crippen molar-refractivity contribution in [1.82, 2.24) is 6.15 Å². The van der Waals surface area contributed by atoms with Crippen molar-refractivity contribution in [2.24, 2.45) is 0 Å². The standard InChI is InChI=1S/C3H6O.C2H4O2.H3N/c1-3(2)4;1-2(3)4;/h1-2H3;1H3,(H,3,4);1H3. The second-order valence-electron chi connectivity index (χ2n) is 1.43. The van der Waals surface area contributed by atoms with E-state index in [-0.39, 0.29) is 11.9 Å². The minimum Gasteiger partial charge on any atom is -0.481 e. The number of hydrogen-bond acceptors (Lipinski definition) is 3. The van der Waals surface area contributed by atoms with Crippen LogP contribution in [-0.2, 0) is 9.59 Å².